The number of hydrogen-bond donors (Lipinski definition) is 2. The Morgan fingerprint density at radius 1 is 0.970 bits per heavy atom. The van der Waals surface area contributed by atoms with Gasteiger partial charge in [-0.05, 0) is 68.7 Å². The number of amides is 3. The Kier molecular flexibility index (Phi) is 8.69. The second-order valence-corrected chi connectivity index (χ2v) is 7.63. The summed E-state index contributed by atoms with van der Waals surface area (Å²) in [6.45, 7) is 5.96. The highest BCUT2D eigenvalue weighted by atomic mass is 16.5. The maximum Gasteiger partial charge on any atom is 0.251 e. The van der Waals surface area contributed by atoms with Gasteiger partial charge in [-0.2, -0.15) is 0 Å². The minimum atomic E-state index is -0.336. The van der Waals surface area contributed by atoms with E-state index in [1.54, 1.807) is 29.2 Å². The molecule has 8 nitrogen and oxygen atoms in total. The third-order valence-corrected chi connectivity index (χ3v) is 5.27. The molecule has 0 unspecified atom stereocenters. The van der Waals surface area contributed by atoms with Crippen molar-refractivity contribution in [3.8, 4) is 11.5 Å². The van der Waals surface area contributed by atoms with Gasteiger partial charge in [-0.25, -0.2) is 0 Å². The lowest BCUT2D eigenvalue weighted by Crippen LogP contribution is -2.37. The summed E-state index contributed by atoms with van der Waals surface area (Å²) in [6, 6.07) is 12.6. The van der Waals surface area contributed by atoms with Gasteiger partial charge in [0.25, 0.3) is 5.91 Å². The highest BCUT2D eigenvalue weighted by Crippen LogP contribution is 2.28. The first-order valence-corrected chi connectivity index (χ1v) is 11.4. The van der Waals surface area contributed by atoms with Crippen LogP contribution in [-0.2, 0) is 16.0 Å². The first kappa shape index (κ1) is 24.1. The van der Waals surface area contributed by atoms with Gasteiger partial charge in [0, 0.05) is 30.8 Å². The van der Waals surface area contributed by atoms with Crippen LogP contribution in [0.15, 0.2) is 42.5 Å². The molecule has 176 valence electrons. The van der Waals surface area contributed by atoms with Crippen LogP contribution < -0.4 is 25.0 Å². The fourth-order valence-corrected chi connectivity index (χ4v) is 3.64. The average molecular weight is 454 g/mol. The molecule has 0 aliphatic carbocycles. The number of carbonyl (C=O) groups is 3. The lowest BCUT2D eigenvalue weighted by atomic mass is 10.1. The van der Waals surface area contributed by atoms with Crippen molar-refractivity contribution in [3.63, 3.8) is 0 Å². The van der Waals surface area contributed by atoms with E-state index in [0.29, 0.717) is 56.2 Å². The van der Waals surface area contributed by atoms with Crippen LogP contribution in [0, 0.1) is 0 Å². The third-order valence-electron chi connectivity index (χ3n) is 5.27. The average Bonchev–Trinajstić information content (AvgIpc) is 3.25. The van der Waals surface area contributed by atoms with Crippen molar-refractivity contribution in [2.45, 2.75) is 33.1 Å². The van der Waals surface area contributed by atoms with Gasteiger partial charge >= 0.3 is 0 Å². The van der Waals surface area contributed by atoms with E-state index in [2.05, 4.69) is 10.6 Å². The normalized spacial score (nSPS) is 13.0. The number of rotatable bonds is 11. The molecule has 1 saturated heterocycles. The van der Waals surface area contributed by atoms with E-state index in [1.807, 2.05) is 32.0 Å². The number of benzene rings is 2. The maximum atomic E-state index is 12.3. The summed E-state index contributed by atoms with van der Waals surface area (Å²) in [6.07, 6.45) is 2.04. The summed E-state index contributed by atoms with van der Waals surface area (Å²) in [4.78, 5) is 38.0. The first-order valence-electron chi connectivity index (χ1n) is 11.4. The summed E-state index contributed by atoms with van der Waals surface area (Å²) in [7, 11) is 0. The van der Waals surface area contributed by atoms with Gasteiger partial charge in [-0.15, -0.1) is 0 Å². The van der Waals surface area contributed by atoms with E-state index in [4.69, 9.17) is 9.47 Å². The van der Waals surface area contributed by atoms with Crippen LogP contribution in [0.4, 0.5) is 5.69 Å². The molecule has 3 amide bonds. The number of ether oxygens (including phenoxy) is 2. The van der Waals surface area contributed by atoms with E-state index in [0.717, 1.165) is 17.7 Å². The Morgan fingerprint density at radius 2 is 1.70 bits per heavy atom. The lowest BCUT2D eigenvalue weighted by molar-refractivity contribution is -0.120. The van der Waals surface area contributed by atoms with Crippen molar-refractivity contribution in [2.24, 2.45) is 0 Å². The van der Waals surface area contributed by atoms with Gasteiger partial charge in [0.1, 0.15) is 0 Å². The number of anilines is 1. The van der Waals surface area contributed by atoms with Crippen molar-refractivity contribution in [2.75, 3.05) is 37.7 Å². The number of hydrogen-bond acceptors (Lipinski definition) is 5. The van der Waals surface area contributed by atoms with Crippen LogP contribution in [0.1, 0.15) is 42.6 Å². The zero-order valence-corrected chi connectivity index (χ0v) is 19.2. The molecular formula is C25H31N3O5. The van der Waals surface area contributed by atoms with Gasteiger partial charge in [0.2, 0.25) is 11.8 Å². The Labute approximate surface area is 194 Å². The molecule has 1 aliphatic rings. The summed E-state index contributed by atoms with van der Waals surface area (Å²) in [5.74, 6) is 0.893. The number of nitrogens with zero attached hydrogens (tertiary/aromatic N) is 1. The molecule has 0 spiro atoms. The predicted octanol–water partition coefficient (Wildman–Crippen LogP) is 2.70. The third kappa shape index (κ3) is 6.71. The SMILES string of the molecule is CCOc1ccc(CCNC(=O)CNC(=O)c2ccc(N3CCCC3=O)cc2)cc1OCC. The topological polar surface area (TPSA) is 97.0 Å². The van der Waals surface area contributed by atoms with Crippen LogP contribution in [0.2, 0.25) is 0 Å². The molecule has 0 aromatic heterocycles. The first-order chi connectivity index (χ1) is 16.0. The second-order valence-electron chi connectivity index (χ2n) is 7.63. The molecule has 0 radical (unpaired) electrons. The Bertz CT molecular complexity index is 975. The van der Waals surface area contributed by atoms with Gasteiger partial charge in [0.05, 0.1) is 19.8 Å². The molecule has 2 aromatic rings. The summed E-state index contributed by atoms with van der Waals surface area (Å²) in [5.41, 5.74) is 2.24. The molecular weight excluding hydrogens is 422 g/mol. The van der Waals surface area contributed by atoms with Gasteiger partial charge in [-0.3, -0.25) is 14.4 Å². The Morgan fingerprint density at radius 3 is 2.36 bits per heavy atom. The molecule has 33 heavy (non-hydrogen) atoms. The van der Waals surface area contributed by atoms with E-state index >= 15 is 0 Å². The minimum Gasteiger partial charge on any atom is -0.490 e. The van der Waals surface area contributed by atoms with Crippen LogP contribution in [0.5, 0.6) is 11.5 Å². The smallest absolute Gasteiger partial charge is 0.251 e. The van der Waals surface area contributed by atoms with Crippen LogP contribution >= 0.6 is 0 Å². The van der Waals surface area contributed by atoms with E-state index in [1.165, 1.54) is 0 Å². The molecule has 0 atom stereocenters. The molecule has 0 bridgehead atoms. The molecule has 1 fully saturated rings. The molecule has 2 N–H and O–H groups in total. The molecule has 1 heterocycles. The second kappa shape index (κ2) is 11.9. The van der Waals surface area contributed by atoms with Gasteiger partial charge in [-0.1, -0.05) is 6.07 Å². The zero-order valence-electron chi connectivity index (χ0n) is 19.2. The van der Waals surface area contributed by atoms with Crippen molar-refractivity contribution >= 4 is 23.4 Å². The zero-order chi connectivity index (χ0) is 23.6. The number of nitrogens with one attached hydrogen (secondary N) is 2. The lowest BCUT2D eigenvalue weighted by Gasteiger charge is -2.15. The standard InChI is InChI=1S/C25H31N3O5/c1-3-32-21-12-7-18(16-22(21)33-4-2)13-14-26-23(29)17-27-25(31)19-8-10-20(11-9-19)28-15-5-6-24(28)30/h7-12,16H,3-6,13-15,17H2,1-2H3,(H,26,29)(H,27,31). The molecule has 1 aliphatic heterocycles. The Hall–Kier alpha value is -3.55. The van der Waals surface area contributed by atoms with E-state index in [9.17, 15) is 14.4 Å². The van der Waals surface area contributed by atoms with Gasteiger partial charge in [0.15, 0.2) is 11.5 Å². The van der Waals surface area contributed by atoms with Gasteiger partial charge < -0.3 is 25.0 Å². The predicted molar refractivity (Wildman–Crippen MR) is 126 cm³/mol. The molecule has 2 aromatic carbocycles. The molecule has 0 saturated carbocycles. The van der Waals surface area contributed by atoms with E-state index < -0.39 is 0 Å². The van der Waals surface area contributed by atoms with Crippen molar-refractivity contribution in [1.82, 2.24) is 10.6 Å². The van der Waals surface area contributed by atoms with Crippen LogP contribution in [0.25, 0.3) is 0 Å². The van der Waals surface area contributed by atoms with Crippen LogP contribution in [0.3, 0.4) is 0 Å². The Balaban J connectivity index is 1.42. The van der Waals surface area contributed by atoms with Crippen molar-refractivity contribution < 1.29 is 23.9 Å². The number of carbonyl (C=O) groups excluding carboxylic acids is 3. The molecule has 8 heteroatoms. The van der Waals surface area contributed by atoms with E-state index in [-0.39, 0.29) is 24.3 Å². The monoisotopic (exact) mass is 453 g/mol. The maximum absolute atomic E-state index is 12.3. The highest BCUT2D eigenvalue weighted by Gasteiger charge is 2.21. The van der Waals surface area contributed by atoms with Crippen molar-refractivity contribution in [3.05, 3.63) is 53.6 Å². The van der Waals surface area contributed by atoms with Crippen LogP contribution in [-0.4, -0.2) is 50.6 Å². The summed E-state index contributed by atoms with van der Waals surface area (Å²) < 4.78 is 11.2. The summed E-state index contributed by atoms with van der Waals surface area (Å²) in [5, 5.41) is 5.43. The highest BCUT2D eigenvalue weighted by molar-refractivity contribution is 5.98. The van der Waals surface area contributed by atoms with Crippen molar-refractivity contribution in [1.29, 1.82) is 0 Å². The summed E-state index contributed by atoms with van der Waals surface area (Å²) >= 11 is 0. The fraction of sp³-hybridized carbons (Fsp3) is 0.400. The largest absolute Gasteiger partial charge is 0.490 e. The minimum absolute atomic E-state index is 0.100. The molecule has 3 rings (SSSR count). The quantitative estimate of drug-likeness (QED) is 0.545. The fourth-order valence-electron chi connectivity index (χ4n) is 3.64.